The maximum atomic E-state index is 14.4. The third kappa shape index (κ3) is 3.84. The van der Waals surface area contributed by atoms with Gasteiger partial charge in [0, 0.05) is 42.7 Å². The number of aryl methyl sites for hydroxylation is 1. The van der Waals surface area contributed by atoms with Crippen LogP contribution in [-0.2, 0) is 6.54 Å². The van der Waals surface area contributed by atoms with Crippen LogP contribution in [0.5, 0.6) is 5.75 Å². The molecule has 10 heteroatoms. The Morgan fingerprint density at radius 1 is 1.27 bits per heavy atom. The molecule has 0 spiro atoms. The number of nitrogens with zero attached hydrogens (tertiary/aromatic N) is 3. The first-order valence-electron chi connectivity index (χ1n) is 9.51. The van der Waals surface area contributed by atoms with Crippen LogP contribution in [0.2, 0.25) is 0 Å². The van der Waals surface area contributed by atoms with Crippen LogP contribution in [0.4, 0.5) is 17.6 Å². The second kappa shape index (κ2) is 7.51. The van der Waals surface area contributed by atoms with Gasteiger partial charge in [0.15, 0.2) is 5.65 Å². The summed E-state index contributed by atoms with van der Waals surface area (Å²) in [6.07, 6.45) is -4.38. The minimum atomic E-state index is -4.38. The molecule has 1 aliphatic heterocycles. The van der Waals surface area contributed by atoms with Crippen LogP contribution in [0.25, 0.3) is 22.3 Å². The number of hydrogen-bond donors (Lipinski definition) is 3. The minimum Gasteiger partial charge on any atom is -0.508 e. The van der Waals surface area contributed by atoms with Crippen molar-refractivity contribution in [2.75, 3.05) is 13.1 Å². The van der Waals surface area contributed by atoms with Crippen LogP contribution >= 0.6 is 0 Å². The van der Waals surface area contributed by atoms with E-state index in [2.05, 4.69) is 20.5 Å². The van der Waals surface area contributed by atoms with Crippen LogP contribution in [0.1, 0.15) is 18.2 Å². The molecule has 1 fully saturated rings. The van der Waals surface area contributed by atoms with Gasteiger partial charge in [-0.1, -0.05) is 0 Å². The zero-order chi connectivity index (χ0) is 21.6. The number of aromatic hydroxyl groups is 1. The maximum absolute atomic E-state index is 14.4. The standard InChI is InChI=1S/C20H21F4N5O/c1-10-8-29(17(7-25-10)20(22,23)24)9-12-5-16(14-4-3-13(30)6-15(14)21)26-19-18(12)11(2)27-28-19/h3-6,10,17,25,30H,7-9H2,1-2H3,(H,26,27,28). The molecule has 30 heavy (non-hydrogen) atoms. The van der Waals surface area contributed by atoms with E-state index in [9.17, 15) is 22.7 Å². The third-order valence-electron chi connectivity index (χ3n) is 5.38. The van der Waals surface area contributed by atoms with E-state index in [4.69, 9.17) is 0 Å². The van der Waals surface area contributed by atoms with Crippen molar-refractivity contribution in [2.24, 2.45) is 0 Å². The molecule has 4 rings (SSSR count). The zero-order valence-electron chi connectivity index (χ0n) is 16.4. The second-order valence-electron chi connectivity index (χ2n) is 7.66. The molecule has 2 aromatic heterocycles. The first-order chi connectivity index (χ1) is 14.1. The molecule has 6 nitrogen and oxygen atoms in total. The molecule has 0 bridgehead atoms. The minimum absolute atomic E-state index is 0.0162. The number of phenolic OH excluding ortho intramolecular Hbond substituents is 1. The SMILES string of the molecule is Cc1n[nH]c2nc(-c3ccc(O)cc3F)cc(CN3CC(C)NCC3C(F)(F)F)c12. The molecule has 2 unspecified atom stereocenters. The summed E-state index contributed by atoms with van der Waals surface area (Å²) >= 11 is 0. The molecule has 2 atom stereocenters. The summed E-state index contributed by atoms with van der Waals surface area (Å²) in [5.74, 6) is -0.897. The molecule has 1 saturated heterocycles. The molecule has 1 aromatic carbocycles. The monoisotopic (exact) mass is 423 g/mol. The zero-order valence-corrected chi connectivity index (χ0v) is 16.4. The number of nitrogens with one attached hydrogen (secondary N) is 2. The molecule has 160 valence electrons. The Balaban J connectivity index is 1.80. The normalized spacial score (nSPS) is 20.7. The van der Waals surface area contributed by atoms with Crippen LogP contribution in [0.3, 0.4) is 0 Å². The van der Waals surface area contributed by atoms with Crippen molar-refractivity contribution in [2.45, 2.75) is 38.7 Å². The number of aromatic nitrogens is 3. The summed E-state index contributed by atoms with van der Waals surface area (Å²) in [5, 5.41) is 19.9. The van der Waals surface area contributed by atoms with Gasteiger partial charge in [-0.25, -0.2) is 9.37 Å². The van der Waals surface area contributed by atoms with E-state index in [0.717, 1.165) is 6.07 Å². The van der Waals surface area contributed by atoms with E-state index >= 15 is 0 Å². The molecule has 3 aromatic rings. The van der Waals surface area contributed by atoms with E-state index in [-0.39, 0.29) is 42.7 Å². The van der Waals surface area contributed by atoms with Crippen LogP contribution in [0, 0.1) is 12.7 Å². The third-order valence-corrected chi connectivity index (χ3v) is 5.38. The van der Waals surface area contributed by atoms with Gasteiger partial charge >= 0.3 is 6.18 Å². The van der Waals surface area contributed by atoms with Gasteiger partial charge in [-0.05, 0) is 37.6 Å². The summed E-state index contributed by atoms with van der Waals surface area (Å²) in [7, 11) is 0. The molecule has 0 radical (unpaired) electrons. The van der Waals surface area contributed by atoms with Gasteiger partial charge in [0.25, 0.3) is 0 Å². The number of benzene rings is 1. The van der Waals surface area contributed by atoms with E-state index < -0.39 is 18.0 Å². The Morgan fingerprint density at radius 2 is 2.03 bits per heavy atom. The number of phenols is 1. The topological polar surface area (TPSA) is 77.1 Å². The average molecular weight is 423 g/mol. The first kappa shape index (κ1) is 20.5. The number of halogens is 4. The van der Waals surface area contributed by atoms with Crippen molar-refractivity contribution in [3.63, 3.8) is 0 Å². The molecular weight excluding hydrogens is 402 g/mol. The Morgan fingerprint density at radius 3 is 2.73 bits per heavy atom. The van der Waals surface area contributed by atoms with Crippen molar-refractivity contribution in [1.29, 1.82) is 0 Å². The lowest BCUT2D eigenvalue weighted by Crippen LogP contribution is -2.60. The lowest BCUT2D eigenvalue weighted by atomic mass is 10.0. The number of rotatable bonds is 3. The Labute approximate surface area is 169 Å². The van der Waals surface area contributed by atoms with Gasteiger partial charge in [0.1, 0.15) is 17.6 Å². The highest BCUT2D eigenvalue weighted by Crippen LogP contribution is 2.32. The fraction of sp³-hybridized carbons (Fsp3) is 0.400. The highest BCUT2D eigenvalue weighted by Gasteiger charge is 2.45. The molecular formula is C20H21F4N5O. The first-order valence-corrected chi connectivity index (χ1v) is 9.51. The Hall–Kier alpha value is -2.72. The van der Waals surface area contributed by atoms with Gasteiger partial charge < -0.3 is 10.4 Å². The van der Waals surface area contributed by atoms with Gasteiger partial charge in [-0.2, -0.15) is 18.3 Å². The van der Waals surface area contributed by atoms with Gasteiger partial charge in [0.2, 0.25) is 0 Å². The summed E-state index contributed by atoms with van der Waals surface area (Å²) in [6.45, 7) is 3.62. The van der Waals surface area contributed by atoms with Crippen LogP contribution < -0.4 is 5.32 Å². The highest BCUT2D eigenvalue weighted by atomic mass is 19.4. The van der Waals surface area contributed by atoms with Crippen molar-refractivity contribution < 1.29 is 22.7 Å². The smallest absolute Gasteiger partial charge is 0.405 e. The second-order valence-corrected chi connectivity index (χ2v) is 7.66. The van der Waals surface area contributed by atoms with Crippen molar-refractivity contribution in [3.05, 3.63) is 41.3 Å². The molecule has 0 saturated carbocycles. The van der Waals surface area contributed by atoms with E-state index in [1.165, 1.54) is 17.0 Å². The summed E-state index contributed by atoms with van der Waals surface area (Å²) < 4.78 is 55.2. The number of H-pyrrole nitrogens is 1. The number of pyridine rings is 1. The number of piperazine rings is 1. The van der Waals surface area contributed by atoms with Crippen molar-refractivity contribution in [1.82, 2.24) is 25.4 Å². The van der Waals surface area contributed by atoms with Gasteiger partial charge in [0.05, 0.1) is 11.4 Å². The van der Waals surface area contributed by atoms with Gasteiger partial charge in [-0.15, -0.1) is 0 Å². The molecule has 0 aliphatic carbocycles. The lowest BCUT2D eigenvalue weighted by molar-refractivity contribution is -0.190. The van der Waals surface area contributed by atoms with Crippen molar-refractivity contribution in [3.8, 4) is 17.0 Å². The summed E-state index contributed by atoms with van der Waals surface area (Å²) in [4.78, 5) is 5.79. The average Bonchev–Trinajstić information content (AvgIpc) is 3.02. The molecule has 1 aliphatic rings. The fourth-order valence-corrected chi connectivity index (χ4v) is 3.95. The highest BCUT2D eigenvalue weighted by molar-refractivity contribution is 5.84. The summed E-state index contributed by atoms with van der Waals surface area (Å²) in [6, 6.07) is 3.56. The quantitative estimate of drug-likeness (QED) is 0.562. The number of fused-ring (bicyclic) bond motifs is 1. The summed E-state index contributed by atoms with van der Waals surface area (Å²) in [5.41, 5.74) is 1.96. The van der Waals surface area contributed by atoms with Gasteiger partial charge in [-0.3, -0.25) is 10.00 Å². The Kier molecular flexibility index (Phi) is 5.15. The fourth-order valence-electron chi connectivity index (χ4n) is 3.95. The van der Waals surface area contributed by atoms with Crippen LogP contribution in [-0.4, -0.2) is 56.5 Å². The number of aromatic amines is 1. The molecule has 3 N–H and O–H groups in total. The molecule has 3 heterocycles. The van der Waals surface area contributed by atoms with E-state index in [0.29, 0.717) is 22.3 Å². The predicted molar refractivity (Wildman–Crippen MR) is 103 cm³/mol. The lowest BCUT2D eigenvalue weighted by Gasteiger charge is -2.40. The van der Waals surface area contributed by atoms with Crippen LogP contribution in [0.15, 0.2) is 24.3 Å². The number of hydrogen-bond acceptors (Lipinski definition) is 5. The van der Waals surface area contributed by atoms with Crippen molar-refractivity contribution >= 4 is 11.0 Å². The van der Waals surface area contributed by atoms with E-state index in [1.807, 2.05) is 6.92 Å². The largest absolute Gasteiger partial charge is 0.508 e. The predicted octanol–water partition coefficient (Wildman–Crippen LogP) is 3.50. The molecule has 0 amide bonds. The number of alkyl halides is 3. The Bertz CT molecular complexity index is 1080. The maximum Gasteiger partial charge on any atom is 0.405 e. The van der Waals surface area contributed by atoms with E-state index in [1.54, 1.807) is 13.0 Å².